The molecule has 0 aliphatic rings. The smallest absolute Gasteiger partial charge is 0.217 e. The number of fused-ring (bicyclic) bond motifs is 1. The highest BCUT2D eigenvalue weighted by Crippen LogP contribution is 2.28. The maximum Gasteiger partial charge on any atom is 0.217 e. The van der Waals surface area contributed by atoms with Crippen LogP contribution in [0, 0.1) is 13.8 Å². The molecule has 0 aliphatic heterocycles. The molecule has 0 saturated heterocycles. The second-order valence-corrected chi connectivity index (χ2v) is 4.77. The van der Waals surface area contributed by atoms with E-state index in [1.807, 2.05) is 43.5 Å². The Morgan fingerprint density at radius 2 is 2.11 bits per heavy atom. The number of nitrogens with two attached hydrogens (primary N) is 1. The zero-order valence-corrected chi connectivity index (χ0v) is 11.2. The molecule has 0 bridgehead atoms. The Morgan fingerprint density at radius 3 is 2.79 bits per heavy atom. The van der Waals surface area contributed by atoms with Crippen LogP contribution < -0.4 is 5.73 Å². The average molecular weight is 256 g/mol. The van der Waals surface area contributed by atoms with Crippen LogP contribution in [0.1, 0.15) is 30.2 Å². The summed E-state index contributed by atoms with van der Waals surface area (Å²) in [6, 6.07) is 5.96. The van der Waals surface area contributed by atoms with Crippen LogP contribution in [-0.4, -0.2) is 14.5 Å². The van der Waals surface area contributed by atoms with Crippen molar-refractivity contribution in [3.63, 3.8) is 0 Å². The van der Waals surface area contributed by atoms with Crippen LogP contribution in [0.2, 0.25) is 0 Å². The lowest BCUT2D eigenvalue weighted by atomic mass is 10.2. The Balaban J connectivity index is 2.19. The Morgan fingerprint density at radius 1 is 1.32 bits per heavy atom. The summed E-state index contributed by atoms with van der Waals surface area (Å²) in [7, 11) is 0. The van der Waals surface area contributed by atoms with Gasteiger partial charge in [0.1, 0.15) is 11.8 Å². The van der Waals surface area contributed by atoms with E-state index in [0.29, 0.717) is 11.8 Å². The molecule has 19 heavy (non-hydrogen) atoms. The van der Waals surface area contributed by atoms with Crippen molar-refractivity contribution < 1.29 is 4.42 Å². The van der Waals surface area contributed by atoms with E-state index in [1.54, 1.807) is 6.20 Å². The molecule has 3 aromatic rings. The molecule has 0 fully saturated rings. The maximum atomic E-state index is 6.05. The van der Waals surface area contributed by atoms with Crippen molar-refractivity contribution in [2.45, 2.75) is 26.8 Å². The topological polar surface area (TPSA) is 69.9 Å². The summed E-state index contributed by atoms with van der Waals surface area (Å²) in [5.74, 6) is 1.92. The van der Waals surface area contributed by atoms with Gasteiger partial charge in [-0.1, -0.05) is 12.1 Å². The first kappa shape index (κ1) is 11.8. The number of nitrogens with zero attached hydrogens (tertiary/aromatic N) is 3. The number of hydrogen-bond acceptors (Lipinski definition) is 4. The SMILES string of the molecule is Cc1cnc(C(C)n2c(N)nc3c(C)cccc32)o1. The van der Waals surface area contributed by atoms with Gasteiger partial charge in [-0.05, 0) is 32.4 Å². The fraction of sp³-hybridized carbons (Fsp3) is 0.286. The van der Waals surface area contributed by atoms with Gasteiger partial charge in [0.2, 0.25) is 11.8 Å². The number of rotatable bonds is 2. The summed E-state index contributed by atoms with van der Waals surface area (Å²) in [6.45, 7) is 5.91. The minimum atomic E-state index is -0.0829. The number of imidazole rings is 1. The molecule has 0 aliphatic carbocycles. The average Bonchev–Trinajstić information content (AvgIpc) is 2.93. The molecule has 2 N–H and O–H groups in total. The van der Waals surface area contributed by atoms with Gasteiger partial charge < -0.3 is 10.2 Å². The van der Waals surface area contributed by atoms with Gasteiger partial charge in [0.05, 0.1) is 17.2 Å². The largest absolute Gasteiger partial charge is 0.444 e. The molecule has 0 spiro atoms. The predicted octanol–water partition coefficient (Wildman–Crippen LogP) is 2.83. The van der Waals surface area contributed by atoms with Crippen molar-refractivity contribution in [2.75, 3.05) is 5.73 Å². The Kier molecular flexibility index (Phi) is 2.55. The van der Waals surface area contributed by atoms with Crippen molar-refractivity contribution >= 4 is 17.0 Å². The van der Waals surface area contributed by atoms with Gasteiger partial charge in [-0.15, -0.1) is 0 Å². The van der Waals surface area contributed by atoms with Crippen LogP contribution in [0.3, 0.4) is 0 Å². The quantitative estimate of drug-likeness (QED) is 0.765. The highest BCUT2D eigenvalue weighted by molar-refractivity contribution is 5.81. The normalized spacial score (nSPS) is 13.0. The number of nitrogen functional groups attached to an aromatic ring is 1. The summed E-state index contributed by atoms with van der Waals surface area (Å²) < 4.78 is 7.54. The molecule has 3 rings (SSSR count). The molecular weight excluding hydrogens is 240 g/mol. The molecular formula is C14H16N4O. The number of benzene rings is 1. The fourth-order valence-corrected chi connectivity index (χ4v) is 2.36. The first-order valence-electron chi connectivity index (χ1n) is 6.23. The molecule has 0 saturated carbocycles. The van der Waals surface area contributed by atoms with E-state index in [2.05, 4.69) is 9.97 Å². The monoisotopic (exact) mass is 256 g/mol. The summed E-state index contributed by atoms with van der Waals surface area (Å²) >= 11 is 0. The first-order chi connectivity index (χ1) is 9.08. The number of para-hydroxylation sites is 1. The molecule has 2 heterocycles. The van der Waals surface area contributed by atoms with Crippen LogP contribution in [0.25, 0.3) is 11.0 Å². The number of anilines is 1. The van der Waals surface area contributed by atoms with Crippen LogP contribution in [0.15, 0.2) is 28.8 Å². The van der Waals surface area contributed by atoms with E-state index in [0.717, 1.165) is 22.4 Å². The summed E-state index contributed by atoms with van der Waals surface area (Å²) in [5.41, 5.74) is 9.09. The molecule has 5 nitrogen and oxygen atoms in total. The lowest BCUT2D eigenvalue weighted by Gasteiger charge is -2.12. The van der Waals surface area contributed by atoms with Gasteiger partial charge in [0.15, 0.2) is 0 Å². The minimum absolute atomic E-state index is 0.0829. The molecule has 0 amide bonds. The Hall–Kier alpha value is -2.30. The third-order valence-corrected chi connectivity index (χ3v) is 3.33. The van der Waals surface area contributed by atoms with Crippen LogP contribution in [-0.2, 0) is 0 Å². The molecule has 1 aromatic carbocycles. The standard InChI is InChI=1S/C14H16N4O/c1-8-5-4-6-11-12(8)17-14(15)18(11)10(3)13-16-7-9(2)19-13/h4-7,10H,1-3H3,(H2,15,17). The van der Waals surface area contributed by atoms with E-state index in [-0.39, 0.29) is 6.04 Å². The van der Waals surface area contributed by atoms with E-state index < -0.39 is 0 Å². The van der Waals surface area contributed by atoms with Crippen molar-refractivity contribution in [1.29, 1.82) is 0 Å². The molecule has 1 unspecified atom stereocenters. The molecule has 5 heteroatoms. The Bertz CT molecular complexity index is 741. The minimum Gasteiger partial charge on any atom is -0.444 e. The van der Waals surface area contributed by atoms with Crippen molar-refractivity contribution in [2.24, 2.45) is 0 Å². The van der Waals surface area contributed by atoms with E-state index >= 15 is 0 Å². The number of oxazole rings is 1. The highest BCUT2D eigenvalue weighted by atomic mass is 16.4. The zero-order chi connectivity index (χ0) is 13.6. The van der Waals surface area contributed by atoms with Crippen LogP contribution in [0.5, 0.6) is 0 Å². The lowest BCUT2D eigenvalue weighted by molar-refractivity contribution is 0.421. The lowest BCUT2D eigenvalue weighted by Crippen LogP contribution is -2.10. The second kappa shape index (κ2) is 4.12. The van der Waals surface area contributed by atoms with Crippen LogP contribution >= 0.6 is 0 Å². The van der Waals surface area contributed by atoms with Crippen molar-refractivity contribution in [3.05, 3.63) is 41.6 Å². The zero-order valence-electron chi connectivity index (χ0n) is 11.2. The van der Waals surface area contributed by atoms with Gasteiger partial charge in [-0.3, -0.25) is 4.57 Å². The van der Waals surface area contributed by atoms with Gasteiger partial charge in [0.25, 0.3) is 0 Å². The van der Waals surface area contributed by atoms with E-state index in [1.165, 1.54) is 0 Å². The second-order valence-electron chi connectivity index (χ2n) is 4.77. The highest BCUT2D eigenvalue weighted by Gasteiger charge is 2.19. The summed E-state index contributed by atoms with van der Waals surface area (Å²) in [6.07, 6.45) is 1.71. The predicted molar refractivity (Wildman–Crippen MR) is 73.9 cm³/mol. The van der Waals surface area contributed by atoms with Gasteiger partial charge in [-0.25, -0.2) is 9.97 Å². The molecule has 2 aromatic heterocycles. The van der Waals surface area contributed by atoms with E-state index in [9.17, 15) is 0 Å². The summed E-state index contributed by atoms with van der Waals surface area (Å²) in [4.78, 5) is 8.71. The van der Waals surface area contributed by atoms with Crippen LogP contribution in [0.4, 0.5) is 5.95 Å². The van der Waals surface area contributed by atoms with Crippen molar-refractivity contribution in [1.82, 2.24) is 14.5 Å². The van der Waals surface area contributed by atoms with Crippen molar-refractivity contribution in [3.8, 4) is 0 Å². The van der Waals surface area contributed by atoms with E-state index in [4.69, 9.17) is 10.2 Å². The van der Waals surface area contributed by atoms with Gasteiger partial charge >= 0.3 is 0 Å². The van der Waals surface area contributed by atoms with Gasteiger partial charge in [-0.2, -0.15) is 0 Å². The molecule has 98 valence electrons. The summed E-state index contributed by atoms with van der Waals surface area (Å²) in [5, 5.41) is 0. The van der Waals surface area contributed by atoms with Gasteiger partial charge in [0, 0.05) is 0 Å². The third-order valence-electron chi connectivity index (χ3n) is 3.33. The number of hydrogen-bond donors (Lipinski definition) is 1. The third kappa shape index (κ3) is 1.78. The number of aryl methyl sites for hydroxylation is 2. The molecule has 1 atom stereocenters. The number of aromatic nitrogens is 3. The first-order valence-corrected chi connectivity index (χ1v) is 6.23. The maximum absolute atomic E-state index is 6.05. The molecule has 0 radical (unpaired) electrons. The Labute approximate surface area is 111 Å². The fourth-order valence-electron chi connectivity index (χ4n) is 2.36.